The van der Waals surface area contributed by atoms with Crippen LogP contribution < -0.4 is 10.5 Å². The van der Waals surface area contributed by atoms with E-state index in [-0.39, 0.29) is 11.6 Å². The zero-order valence-electron chi connectivity index (χ0n) is 16.4. The number of fused-ring (bicyclic) bond motifs is 3. The molecule has 0 bridgehead atoms. The van der Waals surface area contributed by atoms with Gasteiger partial charge in [-0.1, -0.05) is 30.3 Å². The van der Waals surface area contributed by atoms with Crippen LogP contribution in [-0.4, -0.2) is 16.1 Å². The number of thiophene rings is 1. The summed E-state index contributed by atoms with van der Waals surface area (Å²) in [7, 11) is 0. The van der Waals surface area contributed by atoms with Gasteiger partial charge in [-0.25, -0.2) is 4.98 Å². The summed E-state index contributed by atoms with van der Waals surface area (Å²) in [6.45, 7) is 7.85. The maximum atomic E-state index is 13.5. The van der Waals surface area contributed by atoms with Crippen LogP contribution in [0.15, 0.2) is 35.1 Å². The van der Waals surface area contributed by atoms with E-state index >= 15 is 0 Å². The van der Waals surface area contributed by atoms with Gasteiger partial charge in [-0.3, -0.25) is 9.36 Å². The van der Waals surface area contributed by atoms with Crippen LogP contribution in [0.3, 0.4) is 0 Å². The molecule has 4 rings (SSSR count). The number of anilines is 1. The molecular formula is C22H27N3OS. The second kappa shape index (κ2) is 7.47. The molecule has 4 nitrogen and oxygen atoms in total. The highest BCUT2D eigenvalue weighted by Crippen LogP contribution is 2.35. The molecule has 5 heteroatoms. The highest BCUT2D eigenvalue weighted by Gasteiger charge is 2.24. The molecule has 0 saturated heterocycles. The number of rotatable bonds is 5. The van der Waals surface area contributed by atoms with E-state index in [1.54, 1.807) is 11.3 Å². The van der Waals surface area contributed by atoms with Crippen molar-refractivity contribution in [3.8, 4) is 0 Å². The van der Waals surface area contributed by atoms with E-state index in [9.17, 15) is 4.79 Å². The minimum absolute atomic E-state index is 0.0772. The Labute approximate surface area is 164 Å². The van der Waals surface area contributed by atoms with E-state index < -0.39 is 0 Å². The molecule has 0 saturated carbocycles. The van der Waals surface area contributed by atoms with Gasteiger partial charge in [0.15, 0.2) is 0 Å². The molecule has 0 spiro atoms. The SMILES string of the molecule is CCN(Cc1ccccc1)c1nc2sc3c(c2c(=O)n1C(C)C)CCCC3. The van der Waals surface area contributed by atoms with Crippen molar-refractivity contribution < 1.29 is 0 Å². The molecule has 0 N–H and O–H groups in total. The third kappa shape index (κ3) is 3.29. The predicted molar refractivity (Wildman–Crippen MR) is 114 cm³/mol. The van der Waals surface area contributed by atoms with E-state index in [0.29, 0.717) is 0 Å². The summed E-state index contributed by atoms with van der Waals surface area (Å²) in [6, 6.07) is 10.5. The molecule has 27 heavy (non-hydrogen) atoms. The molecule has 0 unspecified atom stereocenters. The first-order valence-electron chi connectivity index (χ1n) is 9.95. The van der Waals surface area contributed by atoms with E-state index in [2.05, 4.69) is 49.9 Å². The van der Waals surface area contributed by atoms with Gasteiger partial charge in [-0.05, 0) is 57.6 Å². The fourth-order valence-electron chi connectivity index (χ4n) is 4.02. The van der Waals surface area contributed by atoms with Crippen LogP contribution in [0, 0.1) is 0 Å². The van der Waals surface area contributed by atoms with Gasteiger partial charge < -0.3 is 4.90 Å². The van der Waals surface area contributed by atoms with E-state index in [1.807, 2.05) is 10.6 Å². The zero-order valence-corrected chi connectivity index (χ0v) is 17.2. The van der Waals surface area contributed by atoms with Crippen molar-refractivity contribution in [1.82, 2.24) is 9.55 Å². The quantitative estimate of drug-likeness (QED) is 0.628. The molecule has 0 aliphatic heterocycles. The smallest absolute Gasteiger partial charge is 0.264 e. The van der Waals surface area contributed by atoms with Gasteiger partial charge in [0, 0.05) is 24.0 Å². The molecule has 1 aliphatic rings. The van der Waals surface area contributed by atoms with Gasteiger partial charge in [0.2, 0.25) is 5.95 Å². The second-order valence-corrected chi connectivity index (χ2v) is 8.66. The summed E-state index contributed by atoms with van der Waals surface area (Å²) in [6.07, 6.45) is 4.51. The van der Waals surface area contributed by atoms with Gasteiger partial charge in [-0.15, -0.1) is 11.3 Å². The number of hydrogen-bond donors (Lipinski definition) is 0. The van der Waals surface area contributed by atoms with Crippen molar-refractivity contribution >= 4 is 27.5 Å². The average Bonchev–Trinajstić information content (AvgIpc) is 3.05. The van der Waals surface area contributed by atoms with Crippen molar-refractivity contribution in [2.75, 3.05) is 11.4 Å². The van der Waals surface area contributed by atoms with Gasteiger partial charge in [0.05, 0.1) is 5.39 Å². The molecule has 0 fully saturated rings. The van der Waals surface area contributed by atoms with Gasteiger partial charge in [-0.2, -0.15) is 0 Å². The summed E-state index contributed by atoms with van der Waals surface area (Å²) < 4.78 is 1.90. The van der Waals surface area contributed by atoms with Crippen LogP contribution in [0.4, 0.5) is 5.95 Å². The maximum Gasteiger partial charge on any atom is 0.264 e. The molecular weight excluding hydrogens is 354 g/mol. The lowest BCUT2D eigenvalue weighted by atomic mass is 9.97. The number of benzene rings is 1. The lowest BCUT2D eigenvalue weighted by Crippen LogP contribution is -2.33. The summed E-state index contributed by atoms with van der Waals surface area (Å²) in [5.74, 6) is 0.799. The Bertz CT molecular complexity index is 1000. The van der Waals surface area contributed by atoms with Crippen molar-refractivity contribution in [2.24, 2.45) is 0 Å². The number of aromatic nitrogens is 2. The van der Waals surface area contributed by atoms with Crippen LogP contribution in [0.25, 0.3) is 10.2 Å². The van der Waals surface area contributed by atoms with Crippen molar-refractivity contribution in [3.63, 3.8) is 0 Å². The molecule has 1 aliphatic carbocycles. The number of aryl methyl sites for hydroxylation is 2. The minimum Gasteiger partial charge on any atom is -0.338 e. The fourth-order valence-corrected chi connectivity index (χ4v) is 5.27. The predicted octanol–water partition coefficient (Wildman–Crippen LogP) is 4.94. The number of hydrogen-bond acceptors (Lipinski definition) is 4. The Hall–Kier alpha value is -2.14. The monoisotopic (exact) mass is 381 g/mol. The van der Waals surface area contributed by atoms with Gasteiger partial charge in [0.1, 0.15) is 4.83 Å². The van der Waals surface area contributed by atoms with E-state index in [1.165, 1.54) is 28.8 Å². The van der Waals surface area contributed by atoms with E-state index in [0.717, 1.165) is 42.1 Å². The molecule has 1 aromatic carbocycles. The Morgan fingerprint density at radius 1 is 1.19 bits per heavy atom. The highest BCUT2D eigenvalue weighted by atomic mass is 32.1. The lowest BCUT2D eigenvalue weighted by molar-refractivity contribution is 0.560. The summed E-state index contributed by atoms with van der Waals surface area (Å²) in [5, 5.41) is 0.878. The first-order valence-corrected chi connectivity index (χ1v) is 10.8. The Morgan fingerprint density at radius 2 is 1.93 bits per heavy atom. The first-order chi connectivity index (χ1) is 13.1. The van der Waals surface area contributed by atoms with Gasteiger partial charge in [0.25, 0.3) is 5.56 Å². The zero-order chi connectivity index (χ0) is 19.0. The lowest BCUT2D eigenvalue weighted by Gasteiger charge is -2.27. The molecule has 2 aromatic heterocycles. The average molecular weight is 382 g/mol. The number of nitrogens with zero attached hydrogens (tertiary/aromatic N) is 3. The Morgan fingerprint density at radius 3 is 2.63 bits per heavy atom. The largest absolute Gasteiger partial charge is 0.338 e. The summed E-state index contributed by atoms with van der Waals surface area (Å²) in [4.78, 5) is 23.0. The standard InChI is InChI=1S/C22H27N3OS/c1-4-24(14-16-10-6-5-7-11-16)22-23-20-19(21(26)25(22)15(2)3)17-12-8-9-13-18(17)27-20/h5-7,10-11,15H,4,8-9,12-14H2,1-3H3. The summed E-state index contributed by atoms with van der Waals surface area (Å²) in [5.41, 5.74) is 2.64. The van der Waals surface area contributed by atoms with Crippen LogP contribution in [0.5, 0.6) is 0 Å². The third-order valence-electron chi connectivity index (χ3n) is 5.40. The van der Waals surface area contributed by atoms with Crippen LogP contribution in [0.1, 0.15) is 55.7 Å². The molecule has 2 heterocycles. The maximum absolute atomic E-state index is 13.5. The Balaban J connectivity index is 1.88. The topological polar surface area (TPSA) is 38.1 Å². The molecule has 0 radical (unpaired) electrons. The third-order valence-corrected chi connectivity index (χ3v) is 6.59. The van der Waals surface area contributed by atoms with E-state index in [4.69, 9.17) is 4.98 Å². The van der Waals surface area contributed by atoms with Gasteiger partial charge >= 0.3 is 0 Å². The van der Waals surface area contributed by atoms with Crippen LogP contribution in [0.2, 0.25) is 0 Å². The Kier molecular flexibility index (Phi) is 5.04. The molecule has 0 atom stereocenters. The fraction of sp³-hybridized carbons (Fsp3) is 0.455. The summed E-state index contributed by atoms with van der Waals surface area (Å²) >= 11 is 1.73. The van der Waals surface area contributed by atoms with Crippen LogP contribution in [-0.2, 0) is 19.4 Å². The van der Waals surface area contributed by atoms with Crippen molar-refractivity contribution in [1.29, 1.82) is 0 Å². The molecule has 3 aromatic rings. The highest BCUT2D eigenvalue weighted by molar-refractivity contribution is 7.18. The normalized spacial score (nSPS) is 13.9. The van der Waals surface area contributed by atoms with Crippen molar-refractivity contribution in [2.45, 2.75) is 59.0 Å². The second-order valence-electron chi connectivity index (χ2n) is 7.57. The van der Waals surface area contributed by atoms with Crippen molar-refractivity contribution in [3.05, 3.63) is 56.7 Å². The first kappa shape index (κ1) is 18.2. The molecule has 142 valence electrons. The molecule has 0 amide bonds. The van der Waals surface area contributed by atoms with Crippen LogP contribution >= 0.6 is 11.3 Å². The minimum atomic E-state index is 0.0772.